The molecule has 0 spiro atoms. The van der Waals surface area contributed by atoms with Crippen LogP contribution in [0.15, 0.2) is 18.6 Å². The maximum absolute atomic E-state index is 11.8. The zero-order valence-electron chi connectivity index (χ0n) is 11.1. The van der Waals surface area contributed by atoms with E-state index in [1.165, 1.54) is 6.33 Å². The van der Waals surface area contributed by atoms with E-state index in [0.717, 1.165) is 12.1 Å². The first-order valence-corrected chi connectivity index (χ1v) is 6.33. The number of aromatic nitrogens is 2. The van der Waals surface area contributed by atoms with Crippen LogP contribution in [-0.2, 0) is 11.3 Å². The molecular weight excluding hydrogens is 228 g/mol. The molecule has 0 bridgehead atoms. The summed E-state index contributed by atoms with van der Waals surface area (Å²) in [6, 6.07) is 1.79. The summed E-state index contributed by atoms with van der Waals surface area (Å²) in [6.45, 7) is 5.28. The number of rotatable bonds is 7. The molecule has 1 aromatic heterocycles. The molecule has 5 heteroatoms. The van der Waals surface area contributed by atoms with Crippen LogP contribution in [0.2, 0.25) is 0 Å². The van der Waals surface area contributed by atoms with Gasteiger partial charge in [-0.3, -0.25) is 4.79 Å². The van der Waals surface area contributed by atoms with Crippen LogP contribution in [0.1, 0.15) is 32.4 Å². The largest absolute Gasteiger partial charge is 0.350 e. The Morgan fingerprint density at radius 1 is 1.50 bits per heavy atom. The highest BCUT2D eigenvalue weighted by atomic mass is 16.1. The molecule has 1 unspecified atom stereocenters. The zero-order valence-corrected chi connectivity index (χ0v) is 11.1. The van der Waals surface area contributed by atoms with Gasteiger partial charge in [-0.25, -0.2) is 9.97 Å². The van der Waals surface area contributed by atoms with E-state index in [0.29, 0.717) is 25.4 Å². The summed E-state index contributed by atoms with van der Waals surface area (Å²) >= 11 is 0. The summed E-state index contributed by atoms with van der Waals surface area (Å²) < 4.78 is 0. The zero-order chi connectivity index (χ0) is 13.4. The third-order valence-corrected chi connectivity index (χ3v) is 2.72. The van der Waals surface area contributed by atoms with Crippen molar-refractivity contribution in [2.24, 2.45) is 17.6 Å². The van der Waals surface area contributed by atoms with E-state index < -0.39 is 0 Å². The minimum Gasteiger partial charge on any atom is -0.350 e. The van der Waals surface area contributed by atoms with Gasteiger partial charge in [0.15, 0.2) is 0 Å². The SMILES string of the molecule is CC(C)CC(CN)CC(=O)NCc1ccncn1. The number of amides is 1. The molecule has 0 aliphatic rings. The van der Waals surface area contributed by atoms with Crippen LogP contribution < -0.4 is 11.1 Å². The first kappa shape index (κ1) is 14.6. The van der Waals surface area contributed by atoms with Gasteiger partial charge in [0.25, 0.3) is 0 Å². The lowest BCUT2D eigenvalue weighted by molar-refractivity contribution is -0.122. The molecule has 0 radical (unpaired) electrons. The topological polar surface area (TPSA) is 80.9 Å². The average Bonchev–Trinajstić information content (AvgIpc) is 2.36. The number of nitrogens with zero attached hydrogens (tertiary/aromatic N) is 2. The predicted molar refractivity (Wildman–Crippen MR) is 70.5 cm³/mol. The first-order chi connectivity index (χ1) is 8.61. The fraction of sp³-hybridized carbons (Fsp3) is 0.615. The Hall–Kier alpha value is -1.49. The fourth-order valence-electron chi connectivity index (χ4n) is 1.88. The van der Waals surface area contributed by atoms with E-state index in [1.54, 1.807) is 12.3 Å². The highest BCUT2D eigenvalue weighted by Crippen LogP contribution is 2.13. The summed E-state index contributed by atoms with van der Waals surface area (Å²) in [5.41, 5.74) is 6.49. The van der Waals surface area contributed by atoms with Crippen LogP contribution in [0.4, 0.5) is 0 Å². The van der Waals surface area contributed by atoms with Crippen molar-refractivity contribution in [3.63, 3.8) is 0 Å². The predicted octanol–water partition coefficient (Wildman–Crippen LogP) is 1.10. The third-order valence-electron chi connectivity index (χ3n) is 2.72. The Bertz CT molecular complexity index is 353. The van der Waals surface area contributed by atoms with Crippen LogP contribution in [0.3, 0.4) is 0 Å². The van der Waals surface area contributed by atoms with E-state index in [9.17, 15) is 4.79 Å². The van der Waals surface area contributed by atoms with Crippen molar-refractivity contribution in [2.45, 2.75) is 33.2 Å². The molecule has 0 saturated heterocycles. The van der Waals surface area contributed by atoms with Gasteiger partial charge in [0, 0.05) is 12.6 Å². The molecule has 100 valence electrons. The van der Waals surface area contributed by atoms with E-state index in [-0.39, 0.29) is 11.8 Å². The second-order valence-electron chi connectivity index (χ2n) is 4.91. The fourth-order valence-corrected chi connectivity index (χ4v) is 1.88. The highest BCUT2D eigenvalue weighted by molar-refractivity contribution is 5.76. The maximum Gasteiger partial charge on any atom is 0.220 e. The second-order valence-corrected chi connectivity index (χ2v) is 4.91. The van der Waals surface area contributed by atoms with Gasteiger partial charge in [-0.05, 0) is 30.9 Å². The van der Waals surface area contributed by atoms with Crippen LogP contribution in [0.25, 0.3) is 0 Å². The minimum absolute atomic E-state index is 0.0321. The lowest BCUT2D eigenvalue weighted by Crippen LogP contribution is -2.28. The van der Waals surface area contributed by atoms with E-state index >= 15 is 0 Å². The van der Waals surface area contributed by atoms with Gasteiger partial charge >= 0.3 is 0 Å². The van der Waals surface area contributed by atoms with E-state index in [2.05, 4.69) is 29.1 Å². The lowest BCUT2D eigenvalue weighted by atomic mass is 9.94. The number of hydrogen-bond donors (Lipinski definition) is 2. The Kier molecular flexibility index (Phi) is 6.28. The first-order valence-electron chi connectivity index (χ1n) is 6.33. The Balaban J connectivity index is 2.32. The van der Waals surface area contributed by atoms with Crippen LogP contribution in [0, 0.1) is 11.8 Å². The van der Waals surface area contributed by atoms with Crippen LogP contribution >= 0.6 is 0 Å². The summed E-state index contributed by atoms with van der Waals surface area (Å²) in [5.74, 6) is 0.855. The number of carbonyl (C=O) groups excluding carboxylic acids is 1. The normalized spacial score (nSPS) is 12.4. The van der Waals surface area contributed by atoms with Crippen molar-refractivity contribution >= 4 is 5.91 Å². The number of hydrogen-bond acceptors (Lipinski definition) is 4. The van der Waals surface area contributed by atoms with Gasteiger partial charge in [0.1, 0.15) is 6.33 Å². The molecular formula is C13H22N4O. The molecule has 0 saturated carbocycles. The van der Waals surface area contributed by atoms with Gasteiger partial charge in [0.05, 0.1) is 12.2 Å². The summed E-state index contributed by atoms with van der Waals surface area (Å²) in [7, 11) is 0. The standard InChI is InChI=1S/C13H22N4O/c1-10(2)5-11(7-14)6-13(18)16-8-12-3-4-15-9-17-12/h3-4,9-11H,5-8,14H2,1-2H3,(H,16,18). The molecule has 1 amide bonds. The van der Waals surface area contributed by atoms with Crippen molar-refractivity contribution in [1.82, 2.24) is 15.3 Å². The van der Waals surface area contributed by atoms with Crippen molar-refractivity contribution in [3.05, 3.63) is 24.3 Å². The Morgan fingerprint density at radius 3 is 2.83 bits per heavy atom. The Labute approximate surface area is 108 Å². The average molecular weight is 250 g/mol. The van der Waals surface area contributed by atoms with Crippen molar-refractivity contribution < 1.29 is 4.79 Å². The van der Waals surface area contributed by atoms with Crippen molar-refractivity contribution in [3.8, 4) is 0 Å². The quantitative estimate of drug-likeness (QED) is 0.759. The number of carbonyl (C=O) groups is 1. The van der Waals surface area contributed by atoms with Gasteiger partial charge in [0.2, 0.25) is 5.91 Å². The minimum atomic E-state index is 0.0321. The van der Waals surface area contributed by atoms with E-state index in [4.69, 9.17) is 5.73 Å². The van der Waals surface area contributed by atoms with Gasteiger partial charge in [-0.2, -0.15) is 0 Å². The van der Waals surface area contributed by atoms with Crippen molar-refractivity contribution in [2.75, 3.05) is 6.54 Å². The summed E-state index contributed by atoms with van der Waals surface area (Å²) in [5, 5.41) is 2.85. The molecule has 0 aromatic carbocycles. The molecule has 1 aromatic rings. The molecule has 5 nitrogen and oxygen atoms in total. The van der Waals surface area contributed by atoms with Gasteiger partial charge in [-0.1, -0.05) is 13.8 Å². The van der Waals surface area contributed by atoms with Crippen LogP contribution in [-0.4, -0.2) is 22.4 Å². The summed E-state index contributed by atoms with van der Waals surface area (Å²) in [4.78, 5) is 19.6. The Morgan fingerprint density at radius 2 is 2.28 bits per heavy atom. The molecule has 1 atom stereocenters. The number of nitrogens with one attached hydrogen (secondary N) is 1. The van der Waals surface area contributed by atoms with Crippen molar-refractivity contribution in [1.29, 1.82) is 0 Å². The molecule has 3 N–H and O–H groups in total. The number of nitrogens with two attached hydrogens (primary N) is 1. The van der Waals surface area contributed by atoms with Crippen LogP contribution in [0.5, 0.6) is 0 Å². The van der Waals surface area contributed by atoms with Gasteiger partial charge < -0.3 is 11.1 Å². The molecule has 1 rings (SSSR count). The summed E-state index contributed by atoms with van der Waals surface area (Å²) in [6.07, 6.45) is 4.61. The molecule has 1 heterocycles. The monoisotopic (exact) mass is 250 g/mol. The molecule has 0 aliphatic carbocycles. The third kappa shape index (κ3) is 5.72. The maximum atomic E-state index is 11.8. The molecule has 0 aliphatic heterocycles. The van der Waals surface area contributed by atoms with Gasteiger partial charge in [-0.15, -0.1) is 0 Å². The molecule has 0 fully saturated rings. The van der Waals surface area contributed by atoms with E-state index in [1.807, 2.05) is 0 Å². The second kappa shape index (κ2) is 7.76. The molecule has 18 heavy (non-hydrogen) atoms. The lowest BCUT2D eigenvalue weighted by Gasteiger charge is -2.16. The smallest absolute Gasteiger partial charge is 0.220 e. The highest BCUT2D eigenvalue weighted by Gasteiger charge is 2.13.